The molecule has 0 spiro atoms. The van der Waals surface area contributed by atoms with Gasteiger partial charge in [0.15, 0.2) is 6.04 Å². The van der Waals surface area contributed by atoms with Crippen LogP contribution >= 0.6 is 7.82 Å². The Kier molecular flexibility index (Phi) is 39.1. The molecule has 59 heavy (non-hydrogen) atoms. The van der Waals surface area contributed by atoms with Crippen molar-refractivity contribution in [1.82, 2.24) is 5.32 Å². The van der Waals surface area contributed by atoms with Gasteiger partial charge in [0.05, 0.1) is 13.2 Å². The molecular weight excluding hydrogens is 769 g/mol. The molecule has 0 aromatic heterocycles. The number of esters is 1. The molecule has 0 radical (unpaired) electrons. The molecule has 12 heteroatoms. The topological polar surface area (TPSA) is 169 Å². The number of amides is 1. The van der Waals surface area contributed by atoms with E-state index in [0.29, 0.717) is 12.8 Å². The van der Waals surface area contributed by atoms with Crippen LogP contribution in [0.25, 0.3) is 0 Å². The lowest BCUT2D eigenvalue weighted by molar-refractivity contribution is -0.147. The molecule has 11 nitrogen and oxygen atoms in total. The van der Waals surface area contributed by atoms with Crippen molar-refractivity contribution >= 4 is 25.7 Å². The Hall–Kier alpha value is -3.34. The summed E-state index contributed by atoms with van der Waals surface area (Å²) in [5.41, 5.74) is 0. The average Bonchev–Trinajstić information content (AvgIpc) is 3.21. The molecule has 0 heterocycles. The van der Waals surface area contributed by atoms with Crippen molar-refractivity contribution in [2.45, 2.75) is 174 Å². The molecule has 1 amide bonds. The van der Waals surface area contributed by atoms with Gasteiger partial charge in [-0.15, -0.1) is 0 Å². The third kappa shape index (κ3) is 41.2. The summed E-state index contributed by atoms with van der Waals surface area (Å²) in [7, 11) is -4.78. The number of carboxylic acid groups (broad SMARTS) is 1. The minimum absolute atomic E-state index is 0.0942. The van der Waals surface area contributed by atoms with E-state index in [1.807, 2.05) is 18.2 Å². The SMILES string of the molecule is CC/C=C\C/C=C\C/C=C\C/C=C\C/C=C\C/C=C\CCC(=O)OCC(O)COP(=O)(O)OCC(NC(=O)CCCCCCC/C=C\CCCCCCCCC)C(=O)O. The summed E-state index contributed by atoms with van der Waals surface area (Å²) in [4.78, 5) is 45.9. The van der Waals surface area contributed by atoms with Gasteiger partial charge in [0.2, 0.25) is 5.91 Å². The van der Waals surface area contributed by atoms with Crippen LogP contribution in [0.4, 0.5) is 0 Å². The van der Waals surface area contributed by atoms with Crippen LogP contribution in [0.1, 0.15) is 162 Å². The molecule has 0 bridgehead atoms. The van der Waals surface area contributed by atoms with Crippen LogP contribution in [-0.2, 0) is 32.7 Å². The molecule has 3 unspecified atom stereocenters. The summed E-state index contributed by atoms with van der Waals surface area (Å²) in [6.07, 6.45) is 50.5. The number of carbonyl (C=O) groups is 3. The van der Waals surface area contributed by atoms with Crippen LogP contribution in [0.3, 0.4) is 0 Å². The van der Waals surface area contributed by atoms with Crippen molar-refractivity contribution in [3.8, 4) is 0 Å². The highest BCUT2D eigenvalue weighted by molar-refractivity contribution is 7.47. The van der Waals surface area contributed by atoms with E-state index in [4.69, 9.17) is 13.8 Å². The Balaban J connectivity index is 4.02. The first kappa shape index (κ1) is 55.7. The Morgan fingerprint density at radius 2 is 1.00 bits per heavy atom. The molecule has 336 valence electrons. The molecule has 4 N–H and O–H groups in total. The lowest BCUT2D eigenvalue weighted by atomic mass is 10.1. The number of aliphatic carboxylic acids is 1. The molecule has 0 aliphatic rings. The predicted molar refractivity (Wildman–Crippen MR) is 240 cm³/mol. The Labute approximate surface area is 356 Å². The van der Waals surface area contributed by atoms with Gasteiger partial charge in [0, 0.05) is 12.8 Å². The highest BCUT2D eigenvalue weighted by atomic mass is 31.2. The van der Waals surface area contributed by atoms with E-state index < -0.39 is 57.6 Å². The number of phosphoric ester groups is 1. The largest absolute Gasteiger partial charge is 0.480 e. The van der Waals surface area contributed by atoms with E-state index in [9.17, 15) is 34.1 Å². The lowest BCUT2D eigenvalue weighted by Gasteiger charge is -2.18. The molecule has 0 saturated carbocycles. The van der Waals surface area contributed by atoms with Gasteiger partial charge in [-0.1, -0.05) is 157 Å². The number of rotatable bonds is 40. The minimum atomic E-state index is -4.78. The van der Waals surface area contributed by atoms with Gasteiger partial charge < -0.3 is 25.2 Å². The second kappa shape index (κ2) is 41.4. The number of carboxylic acids is 1. The van der Waals surface area contributed by atoms with Gasteiger partial charge in [-0.3, -0.25) is 18.6 Å². The van der Waals surface area contributed by atoms with Crippen molar-refractivity contribution in [1.29, 1.82) is 0 Å². The second-order valence-corrected chi connectivity index (χ2v) is 16.0. The van der Waals surface area contributed by atoms with Crippen LogP contribution in [-0.4, -0.2) is 64.9 Å². The Morgan fingerprint density at radius 3 is 1.51 bits per heavy atom. The zero-order valence-electron chi connectivity index (χ0n) is 36.3. The fraction of sp³-hybridized carbons (Fsp3) is 0.638. The average molecular weight is 848 g/mol. The summed E-state index contributed by atoms with van der Waals surface area (Å²) < 4.78 is 26.8. The summed E-state index contributed by atoms with van der Waals surface area (Å²) in [5, 5.41) is 21.8. The fourth-order valence-electron chi connectivity index (χ4n) is 5.51. The van der Waals surface area contributed by atoms with Crippen molar-refractivity contribution in [3.63, 3.8) is 0 Å². The number of phosphoric acid groups is 1. The van der Waals surface area contributed by atoms with Gasteiger partial charge in [-0.05, 0) is 77.0 Å². The fourth-order valence-corrected chi connectivity index (χ4v) is 6.28. The molecule has 0 aliphatic carbocycles. The monoisotopic (exact) mass is 848 g/mol. The van der Waals surface area contributed by atoms with Crippen molar-refractivity contribution in [2.24, 2.45) is 0 Å². The van der Waals surface area contributed by atoms with Gasteiger partial charge >= 0.3 is 19.8 Å². The van der Waals surface area contributed by atoms with E-state index in [0.717, 1.165) is 77.0 Å². The summed E-state index contributed by atoms with van der Waals surface area (Å²) in [6, 6.07) is -1.56. The van der Waals surface area contributed by atoms with E-state index in [-0.39, 0.29) is 12.8 Å². The van der Waals surface area contributed by atoms with E-state index in [1.165, 1.54) is 44.9 Å². The summed E-state index contributed by atoms with van der Waals surface area (Å²) >= 11 is 0. The van der Waals surface area contributed by atoms with Gasteiger partial charge in [-0.25, -0.2) is 9.36 Å². The lowest BCUT2D eigenvalue weighted by Crippen LogP contribution is -2.43. The number of unbranched alkanes of at least 4 members (excludes halogenated alkanes) is 12. The number of hydrogen-bond donors (Lipinski definition) is 4. The van der Waals surface area contributed by atoms with Gasteiger partial charge in [0.25, 0.3) is 0 Å². The van der Waals surface area contributed by atoms with Crippen molar-refractivity contribution < 1.29 is 47.8 Å². The number of aliphatic hydroxyl groups is 1. The second-order valence-electron chi connectivity index (χ2n) is 14.5. The van der Waals surface area contributed by atoms with E-state index in [2.05, 4.69) is 86.0 Å². The van der Waals surface area contributed by atoms with Crippen LogP contribution in [0.2, 0.25) is 0 Å². The van der Waals surface area contributed by atoms with Crippen molar-refractivity contribution in [3.05, 3.63) is 85.1 Å². The van der Waals surface area contributed by atoms with Crippen LogP contribution in [0.15, 0.2) is 85.1 Å². The normalized spacial score (nSPS) is 14.5. The van der Waals surface area contributed by atoms with E-state index in [1.54, 1.807) is 0 Å². The number of ether oxygens (including phenoxy) is 1. The van der Waals surface area contributed by atoms with Gasteiger partial charge in [0.1, 0.15) is 12.7 Å². The summed E-state index contributed by atoms with van der Waals surface area (Å²) in [5.74, 6) is -2.49. The molecule has 0 fully saturated rings. The van der Waals surface area contributed by atoms with Crippen LogP contribution in [0, 0.1) is 0 Å². The summed E-state index contributed by atoms with van der Waals surface area (Å²) in [6.45, 7) is 2.38. The van der Waals surface area contributed by atoms with Crippen LogP contribution in [0.5, 0.6) is 0 Å². The molecule has 0 aromatic carbocycles. The quantitative estimate of drug-likeness (QED) is 0.0201. The maximum absolute atomic E-state index is 12.3. The minimum Gasteiger partial charge on any atom is -0.480 e. The van der Waals surface area contributed by atoms with Crippen molar-refractivity contribution in [2.75, 3.05) is 19.8 Å². The highest BCUT2D eigenvalue weighted by Gasteiger charge is 2.28. The molecule has 0 aromatic rings. The van der Waals surface area contributed by atoms with E-state index >= 15 is 0 Å². The molecule has 0 saturated heterocycles. The third-order valence-electron chi connectivity index (χ3n) is 8.93. The number of hydrogen-bond acceptors (Lipinski definition) is 8. The maximum atomic E-state index is 12.3. The third-order valence-corrected chi connectivity index (χ3v) is 9.88. The van der Waals surface area contributed by atoms with Crippen LogP contribution < -0.4 is 5.32 Å². The number of allylic oxidation sites excluding steroid dienone is 14. The first-order valence-corrected chi connectivity index (χ1v) is 23.6. The molecular formula is C47H78NO10P. The standard InChI is InChI=1S/C47H78NO10P/c1-3-5-7-9-11-13-15-17-19-21-22-23-25-27-29-31-33-35-37-39-46(51)56-40-43(49)41-57-59(54,55)58-42-44(47(52)53)48-45(50)38-36-34-32-30-28-26-24-20-18-16-14-12-10-8-6-4-2/h5,7,11,13,17,19-20,22-24,27,29,33,35,43-44,49H,3-4,6,8-10,12,14-16,18,21,25-26,28,30-32,34,36-42H2,1-2H3,(H,48,50)(H,52,53)(H,54,55)/b7-5-,13-11-,19-17-,23-22-,24-20-,29-27-,35-33-. The number of aliphatic hydroxyl groups excluding tert-OH is 1. The Bertz CT molecular complexity index is 1320. The number of nitrogens with one attached hydrogen (secondary N) is 1. The molecule has 0 aliphatic heterocycles. The Morgan fingerprint density at radius 1 is 0.559 bits per heavy atom. The molecule has 3 atom stereocenters. The zero-order chi connectivity index (χ0) is 43.5. The first-order chi connectivity index (χ1) is 28.6. The smallest absolute Gasteiger partial charge is 0.472 e. The number of carbonyl (C=O) groups excluding carboxylic acids is 2. The maximum Gasteiger partial charge on any atom is 0.472 e. The predicted octanol–water partition coefficient (Wildman–Crippen LogP) is 11.5. The highest BCUT2D eigenvalue weighted by Crippen LogP contribution is 2.43. The van der Waals surface area contributed by atoms with Gasteiger partial charge in [-0.2, -0.15) is 0 Å². The molecule has 0 rings (SSSR count). The zero-order valence-corrected chi connectivity index (χ0v) is 37.2. The first-order valence-electron chi connectivity index (χ1n) is 22.1.